The van der Waals surface area contributed by atoms with Crippen LogP contribution in [0.15, 0.2) is 18.2 Å². The standard InChI is InChI=1S/C14H17ClO3/c1-4-18-13(16)8-11-5-6-12(7-9(11)2)14(17)10(3)15/h5-7,10H,4,8H2,1-3H3. The Bertz CT molecular complexity index is 452. The summed E-state index contributed by atoms with van der Waals surface area (Å²) in [6, 6.07) is 5.23. The number of alkyl halides is 1. The Kier molecular flexibility index (Phi) is 5.35. The molecular formula is C14H17ClO3. The summed E-state index contributed by atoms with van der Waals surface area (Å²) in [5.74, 6) is -0.368. The van der Waals surface area contributed by atoms with Crippen molar-refractivity contribution in [1.82, 2.24) is 0 Å². The summed E-state index contributed by atoms with van der Waals surface area (Å²) in [5, 5.41) is -0.541. The average molecular weight is 269 g/mol. The number of carbonyl (C=O) groups is 2. The Labute approximate surface area is 112 Å². The van der Waals surface area contributed by atoms with E-state index in [2.05, 4.69) is 0 Å². The third-order valence-corrected chi connectivity index (χ3v) is 2.83. The molecule has 1 aromatic rings. The Hall–Kier alpha value is -1.35. The molecule has 0 amide bonds. The molecule has 0 aliphatic carbocycles. The van der Waals surface area contributed by atoms with E-state index in [-0.39, 0.29) is 18.2 Å². The molecular weight excluding hydrogens is 252 g/mol. The SMILES string of the molecule is CCOC(=O)Cc1ccc(C(=O)C(C)Cl)cc1C. The predicted octanol–water partition coefficient (Wildman–Crippen LogP) is 2.91. The molecule has 0 N–H and O–H groups in total. The van der Waals surface area contributed by atoms with Gasteiger partial charge in [0.15, 0.2) is 5.78 Å². The van der Waals surface area contributed by atoms with Gasteiger partial charge in [-0.2, -0.15) is 0 Å². The number of rotatable bonds is 5. The second-order valence-corrected chi connectivity index (χ2v) is 4.76. The van der Waals surface area contributed by atoms with Crippen molar-refractivity contribution >= 4 is 23.4 Å². The van der Waals surface area contributed by atoms with Crippen molar-refractivity contribution < 1.29 is 14.3 Å². The smallest absolute Gasteiger partial charge is 0.310 e. The molecule has 1 aromatic carbocycles. The van der Waals surface area contributed by atoms with Gasteiger partial charge < -0.3 is 4.74 Å². The zero-order valence-corrected chi connectivity index (χ0v) is 11.6. The third-order valence-electron chi connectivity index (χ3n) is 2.63. The summed E-state index contributed by atoms with van der Waals surface area (Å²) < 4.78 is 4.89. The fourth-order valence-electron chi connectivity index (χ4n) is 1.64. The first kappa shape index (κ1) is 14.7. The lowest BCUT2D eigenvalue weighted by atomic mass is 10.00. The van der Waals surface area contributed by atoms with E-state index >= 15 is 0 Å². The first-order valence-electron chi connectivity index (χ1n) is 5.89. The van der Waals surface area contributed by atoms with Crippen molar-refractivity contribution in [1.29, 1.82) is 0 Å². The van der Waals surface area contributed by atoms with E-state index in [9.17, 15) is 9.59 Å². The molecule has 3 nitrogen and oxygen atoms in total. The molecule has 98 valence electrons. The van der Waals surface area contributed by atoms with Crippen LogP contribution in [0.2, 0.25) is 0 Å². The van der Waals surface area contributed by atoms with Gasteiger partial charge in [0.2, 0.25) is 0 Å². The van der Waals surface area contributed by atoms with Crippen molar-refractivity contribution in [2.45, 2.75) is 32.6 Å². The van der Waals surface area contributed by atoms with Gasteiger partial charge in [0.1, 0.15) is 0 Å². The van der Waals surface area contributed by atoms with E-state index in [1.54, 1.807) is 32.0 Å². The second kappa shape index (κ2) is 6.55. The number of ketones is 1. The zero-order chi connectivity index (χ0) is 13.7. The highest BCUT2D eigenvalue weighted by Crippen LogP contribution is 2.15. The Balaban J connectivity index is 2.86. The van der Waals surface area contributed by atoms with E-state index in [1.165, 1.54) is 0 Å². The summed E-state index contributed by atoms with van der Waals surface area (Å²) in [6.45, 7) is 5.66. The van der Waals surface area contributed by atoms with Gasteiger partial charge in [-0.05, 0) is 38.0 Å². The van der Waals surface area contributed by atoms with Crippen LogP contribution in [-0.4, -0.2) is 23.7 Å². The molecule has 0 aliphatic rings. The largest absolute Gasteiger partial charge is 0.466 e. The average Bonchev–Trinajstić information content (AvgIpc) is 2.31. The minimum atomic E-state index is -0.541. The lowest BCUT2D eigenvalue weighted by Crippen LogP contribution is -2.12. The Morgan fingerprint density at radius 1 is 1.39 bits per heavy atom. The van der Waals surface area contributed by atoms with Crippen molar-refractivity contribution in [3.8, 4) is 0 Å². The molecule has 0 bridgehead atoms. The van der Waals surface area contributed by atoms with Gasteiger partial charge in [-0.15, -0.1) is 11.6 Å². The molecule has 0 spiro atoms. The van der Waals surface area contributed by atoms with Crippen LogP contribution < -0.4 is 0 Å². The molecule has 0 saturated carbocycles. The number of Topliss-reactive ketones (excluding diaryl/α,β-unsaturated/α-hetero) is 1. The van der Waals surface area contributed by atoms with Crippen LogP contribution in [0, 0.1) is 6.92 Å². The number of esters is 1. The first-order chi connectivity index (χ1) is 8.45. The molecule has 0 radical (unpaired) electrons. The van der Waals surface area contributed by atoms with E-state index < -0.39 is 5.38 Å². The Morgan fingerprint density at radius 2 is 2.06 bits per heavy atom. The molecule has 0 aromatic heterocycles. The molecule has 0 saturated heterocycles. The molecule has 4 heteroatoms. The van der Waals surface area contributed by atoms with Crippen LogP contribution in [0.4, 0.5) is 0 Å². The van der Waals surface area contributed by atoms with Crippen LogP contribution in [0.1, 0.15) is 35.3 Å². The number of carbonyl (C=O) groups excluding carboxylic acids is 2. The highest BCUT2D eigenvalue weighted by Gasteiger charge is 2.14. The molecule has 0 fully saturated rings. The van der Waals surface area contributed by atoms with Crippen molar-refractivity contribution in [2.24, 2.45) is 0 Å². The number of hydrogen-bond donors (Lipinski definition) is 0. The molecule has 0 aliphatic heterocycles. The van der Waals surface area contributed by atoms with Crippen LogP contribution in [0.5, 0.6) is 0 Å². The third kappa shape index (κ3) is 3.84. The quantitative estimate of drug-likeness (QED) is 0.468. The maximum absolute atomic E-state index is 11.7. The lowest BCUT2D eigenvalue weighted by Gasteiger charge is -2.08. The maximum atomic E-state index is 11.7. The number of hydrogen-bond acceptors (Lipinski definition) is 3. The maximum Gasteiger partial charge on any atom is 0.310 e. The summed E-state index contributed by atoms with van der Waals surface area (Å²) in [7, 11) is 0. The van der Waals surface area contributed by atoms with E-state index in [0.29, 0.717) is 12.2 Å². The van der Waals surface area contributed by atoms with Crippen LogP contribution in [-0.2, 0) is 16.0 Å². The van der Waals surface area contributed by atoms with Crippen LogP contribution in [0.25, 0.3) is 0 Å². The fourth-order valence-corrected chi connectivity index (χ4v) is 1.77. The summed E-state index contributed by atoms with van der Waals surface area (Å²) >= 11 is 5.76. The summed E-state index contributed by atoms with van der Waals surface area (Å²) in [4.78, 5) is 23.1. The topological polar surface area (TPSA) is 43.4 Å². The van der Waals surface area contributed by atoms with E-state index in [1.807, 2.05) is 6.92 Å². The minimum Gasteiger partial charge on any atom is -0.466 e. The molecule has 18 heavy (non-hydrogen) atoms. The zero-order valence-electron chi connectivity index (χ0n) is 10.8. The summed E-state index contributed by atoms with van der Waals surface area (Å²) in [6.07, 6.45) is 0.227. The van der Waals surface area contributed by atoms with Crippen molar-refractivity contribution in [2.75, 3.05) is 6.61 Å². The van der Waals surface area contributed by atoms with E-state index in [0.717, 1.165) is 11.1 Å². The molecule has 1 atom stereocenters. The fraction of sp³-hybridized carbons (Fsp3) is 0.429. The van der Waals surface area contributed by atoms with Crippen molar-refractivity contribution in [3.63, 3.8) is 0 Å². The van der Waals surface area contributed by atoms with E-state index in [4.69, 9.17) is 16.3 Å². The molecule has 1 rings (SSSR count). The molecule has 1 unspecified atom stereocenters. The van der Waals surface area contributed by atoms with Crippen LogP contribution in [0.3, 0.4) is 0 Å². The highest BCUT2D eigenvalue weighted by atomic mass is 35.5. The second-order valence-electron chi connectivity index (χ2n) is 4.10. The van der Waals surface area contributed by atoms with Gasteiger partial charge in [-0.25, -0.2) is 0 Å². The monoisotopic (exact) mass is 268 g/mol. The lowest BCUT2D eigenvalue weighted by molar-refractivity contribution is -0.142. The van der Waals surface area contributed by atoms with Gasteiger partial charge >= 0.3 is 5.97 Å². The van der Waals surface area contributed by atoms with Gasteiger partial charge in [0.05, 0.1) is 18.4 Å². The number of halogens is 1. The number of benzene rings is 1. The number of aryl methyl sites for hydroxylation is 1. The highest BCUT2D eigenvalue weighted by molar-refractivity contribution is 6.33. The first-order valence-corrected chi connectivity index (χ1v) is 6.32. The normalized spacial score (nSPS) is 12.0. The predicted molar refractivity (Wildman–Crippen MR) is 71.2 cm³/mol. The number of ether oxygens (including phenoxy) is 1. The summed E-state index contributed by atoms with van der Waals surface area (Å²) in [5.41, 5.74) is 2.33. The van der Waals surface area contributed by atoms with Crippen LogP contribution >= 0.6 is 11.6 Å². The minimum absolute atomic E-state index is 0.109. The molecule has 0 heterocycles. The van der Waals surface area contributed by atoms with Crippen molar-refractivity contribution in [3.05, 3.63) is 34.9 Å². The van der Waals surface area contributed by atoms with Gasteiger partial charge in [-0.3, -0.25) is 9.59 Å². The van der Waals surface area contributed by atoms with Gasteiger partial charge in [0.25, 0.3) is 0 Å². The van der Waals surface area contributed by atoms with Gasteiger partial charge in [-0.1, -0.05) is 12.1 Å². The Morgan fingerprint density at radius 3 is 2.56 bits per heavy atom. The van der Waals surface area contributed by atoms with Gasteiger partial charge in [0, 0.05) is 5.56 Å².